The van der Waals surface area contributed by atoms with E-state index in [0.29, 0.717) is 28.4 Å². The van der Waals surface area contributed by atoms with Crippen molar-refractivity contribution in [1.82, 2.24) is 9.97 Å². The predicted octanol–water partition coefficient (Wildman–Crippen LogP) is 13.4. The first-order valence-corrected chi connectivity index (χ1v) is 18.7. The molecule has 0 radical (unpaired) electrons. The zero-order valence-corrected chi connectivity index (χ0v) is 30.1. The topological polar surface area (TPSA) is 38.9 Å². The van der Waals surface area contributed by atoms with Gasteiger partial charge >= 0.3 is 0 Å². The molecule has 0 saturated carbocycles. The molecule has 0 fully saturated rings. The second-order valence-electron chi connectivity index (χ2n) is 14.1. The number of nitrogens with zero attached hydrogens (tertiary/aromatic N) is 2. The van der Waals surface area contributed by atoms with Crippen molar-refractivity contribution in [2.75, 3.05) is 0 Å². The molecule has 10 aromatic rings. The molecule has 0 atom stereocenters. The fourth-order valence-electron chi connectivity index (χ4n) is 8.60. The van der Waals surface area contributed by atoms with Crippen LogP contribution in [-0.4, -0.2) is 9.97 Å². The molecule has 0 N–H and O–H groups in total. The van der Waals surface area contributed by atoms with E-state index in [4.69, 9.17) is 14.4 Å². The Morgan fingerprint density at radius 3 is 1.77 bits per heavy atom. The highest BCUT2D eigenvalue weighted by Crippen LogP contribution is 2.58. The summed E-state index contributed by atoms with van der Waals surface area (Å²) in [5, 5.41) is 1.76. The fourth-order valence-corrected chi connectivity index (χ4v) is 8.60. The molecule has 0 unspecified atom stereocenters. The van der Waals surface area contributed by atoms with Crippen molar-refractivity contribution >= 4 is 21.9 Å². The Morgan fingerprint density at radius 1 is 0.411 bits per heavy atom. The van der Waals surface area contributed by atoms with E-state index in [-0.39, 0.29) is 35.3 Å². The Hall–Kier alpha value is -7.36. The molecule has 3 nitrogen and oxygen atoms in total. The van der Waals surface area contributed by atoms with Crippen LogP contribution in [0.2, 0.25) is 0 Å². The second-order valence-corrected chi connectivity index (χ2v) is 14.1. The van der Waals surface area contributed by atoms with Crippen molar-refractivity contribution in [3.8, 4) is 56.2 Å². The maximum absolute atomic E-state index is 9.47. The summed E-state index contributed by atoms with van der Waals surface area (Å²) in [6, 6.07) is 60.3. The van der Waals surface area contributed by atoms with Gasteiger partial charge in [0.2, 0.25) is 0 Å². The fraction of sp³-hybridized carbons (Fsp3) is 0.0189. The molecule has 3 heteroatoms. The lowest BCUT2D eigenvalue weighted by atomic mass is 9.67. The zero-order chi connectivity index (χ0) is 40.5. The highest BCUT2D eigenvalue weighted by Gasteiger charge is 2.46. The van der Waals surface area contributed by atoms with E-state index >= 15 is 0 Å². The summed E-state index contributed by atoms with van der Waals surface area (Å²) < 4.78 is 43.7. The molecule has 2 heterocycles. The Labute approximate surface area is 330 Å². The standard InChI is InChI=1S/C53H34N2O/c1-4-15-37(16-5-1)52-54-47(36-29-27-35(28-30-36)38-31-32-50-44(33-38)41-21-11-13-26-49(41)56-50)34-48(55-52)43-23-14-25-46-51(43)42-22-10-12-24-45(42)53(46,39-17-6-2-7-18-39)40-19-8-3-9-20-40/h1-34H/i27D,28D,29D,30D. The van der Waals surface area contributed by atoms with E-state index in [1.54, 1.807) is 6.07 Å². The predicted molar refractivity (Wildman–Crippen MR) is 228 cm³/mol. The van der Waals surface area contributed by atoms with Gasteiger partial charge in [0.25, 0.3) is 0 Å². The van der Waals surface area contributed by atoms with Gasteiger partial charge in [0.15, 0.2) is 5.82 Å². The van der Waals surface area contributed by atoms with Crippen molar-refractivity contribution in [3.63, 3.8) is 0 Å². The zero-order valence-electron chi connectivity index (χ0n) is 34.1. The summed E-state index contributed by atoms with van der Waals surface area (Å²) in [7, 11) is 0. The third kappa shape index (κ3) is 4.98. The SMILES string of the molecule is [2H]c1c([2H])c(-c2cc(-c3cccc4c3-c3ccccc3C4(c3ccccc3)c3ccccc3)nc(-c3ccccc3)n2)c([2H])c([2H])c1-c1ccc2oc3ccccc3c2c1. The van der Waals surface area contributed by atoms with E-state index in [9.17, 15) is 5.48 Å². The molecule has 2 aromatic heterocycles. The number of furan rings is 1. The minimum atomic E-state index is -0.618. The summed E-state index contributed by atoms with van der Waals surface area (Å²) >= 11 is 0. The van der Waals surface area contributed by atoms with Crippen LogP contribution in [0.4, 0.5) is 0 Å². The molecule has 56 heavy (non-hydrogen) atoms. The Morgan fingerprint density at radius 2 is 1.00 bits per heavy atom. The summed E-state index contributed by atoms with van der Waals surface area (Å²) in [6.07, 6.45) is 0. The lowest BCUT2D eigenvalue weighted by Crippen LogP contribution is -2.28. The Kier molecular flexibility index (Phi) is 6.48. The molecule has 1 aliphatic carbocycles. The van der Waals surface area contributed by atoms with E-state index in [1.165, 1.54) is 5.56 Å². The molecule has 0 aliphatic heterocycles. The van der Waals surface area contributed by atoms with Gasteiger partial charge in [0.05, 0.1) is 22.3 Å². The summed E-state index contributed by atoms with van der Waals surface area (Å²) in [5.74, 6) is 0.419. The molecule has 11 rings (SSSR count). The van der Waals surface area contributed by atoms with Crippen molar-refractivity contribution in [2.24, 2.45) is 0 Å². The van der Waals surface area contributed by atoms with Gasteiger partial charge in [-0.15, -0.1) is 0 Å². The van der Waals surface area contributed by atoms with Crippen LogP contribution in [-0.2, 0) is 5.41 Å². The average Bonchev–Trinajstić information content (AvgIpc) is 3.83. The van der Waals surface area contributed by atoms with Crippen LogP contribution >= 0.6 is 0 Å². The largest absolute Gasteiger partial charge is 0.456 e. The van der Waals surface area contributed by atoms with Gasteiger partial charge in [0, 0.05) is 27.5 Å². The van der Waals surface area contributed by atoms with Gasteiger partial charge in [-0.25, -0.2) is 9.97 Å². The van der Waals surface area contributed by atoms with E-state index in [1.807, 2.05) is 84.9 Å². The van der Waals surface area contributed by atoms with Gasteiger partial charge in [-0.2, -0.15) is 0 Å². The molecule has 1 aliphatic rings. The Balaban J connectivity index is 1.15. The maximum Gasteiger partial charge on any atom is 0.160 e. The van der Waals surface area contributed by atoms with Crippen LogP contribution in [0.3, 0.4) is 0 Å². The van der Waals surface area contributed by atoms with Crippen LogP contribution in [0.1, 0.15) is 27.7 Å². The van der Waals surface area contributed by atoms with Crippen molar-refractivity contribution < 1.29 is 9.90 Å². The van der Waals surface area contributed by atoms with Gasteiger partial charge in [-0.1, -0.05) is 182 Å². The molecule has 0 saturated heterocycles. The molecule has 8 aromatic carbocycles. The number of fused-ring (bicyclic) bond motifs is 6. The minimum absolute atomic E-state index is 0.111. The van der Waals surface area contributed by atoms with Crippen LogP contribution in [0.5, 0.6) is 0 Å². The van der Waals surface area contributed by atoms with Crippen LogP contribution in [0.15, 0.2) is 211 Å². The molecule has 0 spiro atoms. The van der Waals surface area contributed by atoms with E-state index < -0.39 is 5.41 Å². The Bertz CT molecular complexity index is 3240. The average molecular weight is 719 g/mol. The molecule has 0 amide bonds. The first-order chi connectivity index (χ1) is 29.4. The van der Waals surface area contributed by atoms with Crippen LogP contribution in [0.25, 0.3) is 78.1 Å². The minimum Gasteiger partial charge on any atom is -0.456 e. The number of para-hydroxylation sites is 1. The number of hydrogen-bond donors (Lipinski definition) is 0. The number of benzene rings is 8. The van der Waals surface area contributed by atoms with Gasteiger partial charge < -0.3 is 4.42 Å². The van der Waals surface area contributed by atoms with Gasteiger partial charge in [0.1, 0.15) is 11.2 Å². The third-order valence-corrected chi connectivity index (χ3v) is 11.1. The summed E-state index contributed by atoms with van der Waals surface area (Å²) in [5.41, 5.74) is 11.0. The molecular weight excluding hydrogens is 681 g/mol. The monoisotopic (exact) mass is 718 g/mol. The van der Waals surface area contributed by atoms with Crippen molar-refractivity contribution in [2.45, 2.75) is 5.41 Å². The maximum atomic E-state index is 9.47. The highest BCUT2D eigenvalue weighted by molar-refractivity contribution is 6.06. The van der Waals surface area contributed by atoms with Gasteiger partial charge in [-0.3, -0.25) is 0 Å². The first-order valence-electron chi connectivity index (χ1n) is 20.7. The lowest BCUT2D eigenvalue weighted by molar-refractivity contribution is 0.669. The van der Waals surface area contributed by atoms with Gasteiger partial charge in [-0.05, 0) is 68.8 Å². The molecule has 262 valence electrons. The highest BCUT2D eigenvalue weighted by atomic mass is 16.3. The summed E-state index contributed by atoms with van der Waals surface area (Å²) in [6.45, 7) is 0. The number of aromatic nitrogens is 2. The molecule has 0 bridgehead atoms. The van der Waals surface area contributed by atoms with Crippen molar-refractivity contribution in [1.29, 1.82) is 0 Å². The molecular formula is C53H34N2O. The smallest absolute Gasteiger partial charge is 0.160 e. The lowest BCUT2D eigenvalue weighted by Gasteiger charge is -2.33. The number of hydrogen-bond acceptors (Lipinski definition) is 3. The summed E-state index contributed by atoms with van der Waals surface area (Å²) in [4.78, 5) is 10.2. The third-order valence-electron chi connectivity index (χ3n) is 11.1. The van der Waals surface area contributed by atoms with E-state index in [2.05, 4.69) is 91.0 Å². The first kappa shape index (κ1) is 28.1. The second kappa shape index (κ2) is 12.9. The van der Waals surface area contributed by atoms with Crippen molar-refractivity contribution in [3.05, 3.63) is 228 Å². The quantitative estimate of drug-likeness (QED) is 0.172. The van der Waals surface area contributed by atoms with Crippen LogP contribution in [0, 0.1) is 0 Å². The normalized spacial score (nSPS) is 13.8. The number of rotatable bonds is 6. The van der Waals surface area contributed by atoms with E-state index in [0.717, 1.165) is 55.3 Å². The van der Waals surface area contributed by atoms with Crippen LogP contribution < -0.4 is 0 Å².